The van der Waals surface area contributed by atoms with Crippen molar-refractivity contribution in [2.75, 3.05) is 33.3 Å². The molecule has 0 saturated carbocycles. The molecule has 1 heterocycles. The van der Waals surface area contributed by atoms with Gasteiger partial charge in [-0.2, -0.15) is 0 Å². The minimum absolute atomic E-state index is 0.608. The van der Waals surface area contributed by atoms with Gasteiger partial charge in [0.05, 0.1) is 13.1 Å². The summed E-state index contributed by atoms with van der Waals surface area (Å²) in [6.07, 6.45) is 0. The third-order valence-corrected chi connectivity index (χ3v) is 3.67. The van der Waals surface area contributed by atoms with Gasteiger partial charge in [-0.3, -0.25) is 4.99 Å². The van der Waals surface area contributed by atoms with E-state index in [1.807, 2.05) is 43.4 Å². The lowest BCUT2D eigenvalue weighted by atomic mass is 10.1. The Morgan fingerprint density at radius 2 is 1.86 bits per heavy atom. The van der Waals surface area contributed by atoms with Crippen LogP contribution in [0.15, 0.2) is 59.6 Å². The molecule has 114 valence electrons. The lowest BCUT2D eigenvalue weighted by molar-refractivity contribution is 0.321. The third kappa shape index (κ3) is 3.39. The molecule has 3 rings (SSSR count). The number of nitrogens with one attached hydrogen (secondary N) is 1. The average molecular weight is 295 g/mol. The number of likely N-dealkylation sites (N-methyl/N-ethyl adjacent to an activating group) is 1. The van der Waals surface area contributed by atoms with E-state index < -0.39 is 0 Å². The minimum Gasteiger partial charge on any atom is -0.491 e. The number of guanidine groups is 1. The molecule has 0 aliphatic carbocycles. The molecular formula is C18H21N3O. The lowest BCUT2D eigenvalue weighted by Gasteiger charge is -2.16. The quantitative estimate of drug-likeness (QED) is 0.862. The predicted molar refractivity (Wildman–Crippen MR) is 90.3 cm³/mol. The van der Waals surface area contributed by atoms with Crippen LogP contribution in [0.25, 0.3) is 11.1 Å². The number of hydrogen-bond acceptors (Lipinski definition) is 4. The van der Waals surface area contributed by atoms with Gasteiger partial charge in [-0.1, -0.05) is 48.5 Å². The fourth-order valence-electron chi connectivity index (χ4n) is 2.50. The summed E-state index contributed by atoms with van der Waals surface area (Å²) < 4.78 is 5.95. The van der Waals surface area contributed by atoms with E-state index in [0.29, 0.717) is 6.61 Å². The molecule has 0 unspecified atom stereocenters. The molecule has 4 nitrogen and oxygen atoms in total. The summed E-state index contributed by atoms with van der Waals surface area (Å²) in [5.74, 6) is 1.87. The molecule has 0 radical (unpaired) electrons. The summed E-state index contributed by atoms with van der Waals surface area (Å²) in [5.41, 5.74) is 2.30. The van der Waals surface area contributed by atoms with Crippen LogP contribution in [0.2, 0.25) is 0 Å². The van der Waals surface area contributed by atoms with Gasteiger partial charge in [-0.05, 0) is 11.6 Å². The maximum Gasteiger partial charge on any atom is 0.193 e. The largest absolute Gasteiger partial charge is 0.491 e. The highest BCUT2D eigenvalue weighted by atomic mass is 16.5. The third-order valence-electron chi connectivity index (χ3n) is 3.67. The Labute approximate surface area is 131 Å². The molecule has 0 spiro atoms. The van der Waals surface area contributed by atoms with Gasteiger partial charge in [0.25, 0.3) is 0 Å². The predicted octanol–water partition coefficient (Wildman–Crippen LogP) is 2.62. The van der Waals surface area contributed by atoms with E-state index in [-0.39, 0.29) is 0 Å². The molecule has 0 fully saturated rings. The highest BCUT2D eigenvalue weighted by molar-refractivity contribution is 5.81. The molecule has 4 heteroatoms. The van der Waals surface area contributed by atoms with Gasteiger partial charge in [0.2, 0.25) is 0 Å². The molecule has 1 N–H and O–H groups in total. The van der Waals surface area contributed by atoms with E-state index in [2.05, 4.69) is 33.4 Å². The van der Waals surface area contributed by atoms with Gasteiger partial charge in [0.15, 0.2) is 5.96 Å². The summed E-state index contributed by atoms with van der Waals surface area (Å²) in [7, 11) is 2.05. The number of hydrogen-bond donors (Lipinski definition) is 1. The summed E-state index contributed by atoms with van der Waals surface area (Å²) in [6, 6.07) is 18.5. The molecule has 0 amide bonds. The van der Waals surface area contributed by atoms with Crippen molar-refractivity contribution in [2.45, 2.75) is 0 Å². The molecule has 0 atom stereocenters. The van der Waals surface area contributed by atoms with Crippen LogP contribution < -0.4 is 10.1 Å². The molecule has 2 aromatic rings. The first-order valence-corrected chi connectivity index (χ1v) is 7.61. The number of nitrogens with zero attached hydrogens (tertiary/aromatic N) is 2. The van der Waals surface area contributed by atoms with Crippen LogP contribution in [0.5, 0.6) is 5.75 Å². The van der Waals surface area contributed by atoms with Crippen LogP contribution in [0.3, 0.4) is 0 Å². The fourth-order valence-corrected chi connectivity index (χ4v) is 2.50. The molecule has 2 aromatic carbocycles. The Balaban J connectivity index is 1.59. The Kier molecular flexibility index (Phi) is 4.59. The van der Waals surface area contributed by atoms with Gasteiger partial charge < -0.3 is 15.0 Å². The van der Waals surface area contributed by atoms with Crippen molar-refractivity contribution in [2.24, 2.45) is 4.99 Å². The molecule has 1 aliphatic heterocycles. The van der Waals surface area contributed by atoms with Gasteiger partial charge in [-0.15, -0.1) is 0 Å². The monoisotopic (exact) mass is 295 g/mol. The number of rotatable bonds is 5. The zero-order valence-corrected chi connectivity index (χ0v) is 12.8. The van der Waals surface area contributed by atoms with E-state index in [1.165, 1.54) is 5.56 Å². The van der Waals surface area contributed by atoms with Gasteiger partial charge in [-0.25, -0.2) is 0 Å². The summed E-state index contributed by atoms with van der Waals surface area (Å²) >= 11 is 0. The Bertz CT molecular complexity index is 640. The Morgan fingerprint density at radius 3 is 2.64 bits per heavy atom. The molecule has 0 bridgehead atoms. The number of para-hydroxylation sites is 1. The van der Waals surface area contributed by atoms with E-state index in [1.54, 1.807) is 0 Å². The second-order valence-corrected chi connectivity index (χ2v) is 5.26. The first-order valence-electron chi connectivity index (χ1n) is 7.61. The van der Waals surface area contributed by atoms with Crippen molar-refractivity contribution < 1.29 is 4.74 Å². The SMILES string of the molecule is CN1CCN=C1NCCOc1ccccc1-c1ccccc1. The van der Waals surface area contributed by atoms with Crippen LogP contribution in [0.1, 0.15) is 0 Å². The average Bonchev–Trinajstić information content (AvgIpc) is 2.98. The first-order chi connectivity index (χ1) is 10.8. The summed E-state index contributed by atoms with van der Waals surface area (Å²) in [6.45, 7) is 3.21. The van der Waals surface area contributed by atoms with Crippen LogP contribution in [0.4, 0.5) is 0 Å². The smallest absolute Gasteiger partial charge is 0.193 e. The van der Waals surface area contributed by atoms with Crippen molar-refractivity contribution >= 4 is 5.96 Å². The molecule has 0 saturated heterocycles. The van der Waals surface area contributed by atoms with Crippen molar-refractivity contribution in [3.8, 4) is 16.9 Å². The molecule has 1 aliphatic rings. The van der Waals surface area contributed by atoms with E-state index in [4.69, 9.17) is 4.74 Å². The highest BCUT2D eigenvalue weighted by Crippen LogP contribution is 2.29. The molecular weight excluding hydrogens is 274 g/mol. The van der Waals surface area contributed by atoms with Gasteiger partial charge >= 0.3 is 0 Å². The standard InChI is InChI=1S/C18H21N3O/c1-21-13-11-19-18(21)20-12-14-22-17-10-6-5-9-16(17)15-7-3-2-4-8-15/h2-10H,11-14H2,1H3,(H,19,20). The lowest BCUT2D eigenvalue weighted by Crippen LogP contribution is -2.37. The normalized spacial score (nSPS) is 13.9. The zero-order valence-electron chi connectivity index (χ0n) is 12.8. The summed E-state index contributed by atoms with van der Waals surface area (Å²) in [4.78, 5) is 6.53. The number of benzene rings is 2. The fraction of sp³-hybridized carbons (Fsp3) is 0.278. The van der Waals surface area contributed by atoms with Gasteiger partial charge in [0, 0.05) is 19.2 Å². The maximum atomic E-state index is 5.95. The molecule has 0 aromatic heterocycles. The maximum absolute atomic E-state index is 5.95. The van der Waals surface area contributed by atoms with Crippen molar-refractivity contribution in [1.29, 1.82) is 0 Å². The summed E-state index contributed by atoms with van der Waals surface area (Å²) in [5, 5.41) is 3.31. The van der Waals surface area contributed by atoms with Crippen LogP contribution in [-0.4, -0.2) is 44.1 Å². The highest BCUT2D eigenvalue weighted by Gasteiger charge is 2.11. The van der Waals surface area contributed by atoms with Crippen molar-refractivity contribution in [1.82, 2.24) is 10.2 Å². The first kappa shape index (κ1) is 14.4. The second-order valence-electron chi connectivity index (χ2n) is 5.26. The van der Waals surface area contributed by atoms with Crippen molar-refractivity contribution in [3.63, 3.8) is 0 Å². The Morgan fingerprint density at radius 1 is 1.09 bits per heavy atom. The Hall–Kier alpha value is -2.49. The van der Waals surface area contributed by atoms with Crippen LogP contribution in [-0.2, 0) is 0 Å². The topological polar surface area (TPSA) is 36.9 Å². The van der Waals surface area contributed by atoms with Crippen LogP contribution in [0, 0.1) is 0 Å². The zero-order chi connectivity index (χ0) is 15.2. The minimum atomic E-state index is 0.608. The van der Waals surface area contributed by atoms with E-state index in [9.17, 15) is 0 Å². The van der Waals surface area contributed by atoms with E-state index in [0.717, 1.165) is 36.9 Å². The number of aliphatic imine (C=N–C) groups is 1. The number of ether oxygens (including phenoxy) is 1. The van der Waals surface area contributed by atoms with Crippen molar-refractivity contribution in [3.05, 3.63) is 54.6 Å². The van der Waals surface area contributed by atoms with Gasteiger partial charge in [0.1, 0.15) is 12.4 Å². The molecule has 22 heavy (non-hydrogen) atoms. The van der Waals surface area contributed by atoms with E-state index >= 15 is 0 Å². The second kappa shape index (κ2) is 6.98. The van der Waals surface area contributed by atoms with Crippen LogP contribution >= 0.6 is 0 Å².